The molecule has 0 fully saturated rings. The molecule has 2 N–H and O–H groups in total. The van der Waals surface area contributed by atoms with E-state index in [1.54, 1.807) is 0 Å². The van der Waals surface area contributed by atoms with Crippen LogP contribution in [0, 0.1) is 0 Å². The summed E-state index contributed by atoms with van der Waals surface area (Å²) in [5.41, 5.74) is 6.99. The van der Waals surface area contributed by atoms with Crippen molar-refractivity contribution in [2.75, 3.05) is 0 Å². The van der Waals surface area contributed by atoms with Gasteiger partial charge >= 0.3 is 27.8 Å². The first-order chi connectivity index (χ1) is 10.2. The number of aryl methyl sites for hydroxylation is 1. The van der Waals surface area contributed by atoms with Crippen molar-refractivity contribution in [2.24, 2.45) is 5.73 Å². The third-order valence-electron chi connectivity index (χ3n) is 3.23. The summed E-state index contributed by atoms with van der Waals surface area (Å²) in [7, 11) is 4.09. The van der Waals surface area contributed by atoms with Crippen molar-refractivity contribution in [1.29, 1.82) is 0 Å². The number of rotatable bonds is 9. The molecule has 0 heterocycles. The van der Waals surface area contributed by atoms with E-state index >= 15 is 0 Å². The van der Waals surface area contributed by atoms with Crippen LogP contribution in [0.15, 0.2) is 29.2 Å². The van der Waals surface area contributed by atoms with Crippen LogP contribution in [0.1, 0.15) is 57.4 Å². The van der Waals surface area contributed by atoms with Gasteiger partial charge in [0, 0.05) is 4.90 Å². The first-order valence-electron chi connectivity index (χ1n) is 7.46. The van der Waals surface area contributed by atoms with Crippen LogP contribution < -0.4 is 5.73 Å². The molecule has 0 atom stereocenters. The molecule has 0 bridgehead atoms. The van der Waals surface area contributed by atoms with Crippen LogP contribution in [0.25, 0.3) is 0 Å². The minimum absolute atomic E-state index is 0.506. The van der Waals surface area contributed by atoms with Gasteiger partial charge in [0.25, 0.3) is 0 Å². The molecule has 1 nitrogen and oxygen atoms in total. The molecule has 0 aliphatic heterocycles. The zero-order valence-corrected chi connectivity index (χ0v) is 17.1. The fourth-order valence-corrected chi connectivity index (χ4v) is 3.12. The number of thiocarbonyl (C=S) groups is 1. The molecule has 0 aliphatic carbocycles. The van der Waals surface area contributed by atoms with Gasteiger partial charge in [-0.2, -0.15) is 0 Å². The van der Waals surface area contributed by atoms with E-state index in [1.807, 2.05) is 0 Å². The number of thioether (sulfide) groups is 1. The summed E-state index contributed by atoms with van der Waals surface area (Å²) in [5.74, 6) is 0. The maximum atomic E-state index is 5.61. The fourth-order valence-electron chi connectivity index (χ4n) is 2.19. The van der Waals surface area contributed by atoms with Gasteiger partial charge in [0.2, 0.25) is 0 Å². The molecule has 0 unspecified atom stereocenters. The molecule has 0 saturated carbocycles. The van der Waals surface area contributed by atoms with Gasteiger partial charge in [-0.1, -0.05) is 87.6 Å². The Labute approximate surface area is 154 Å². The van der Waals surface area contributed by atoms with E-state index in [1.165, 1.54) is 85.2 Å². The number of unbranched alkanes of at least 4 members (excludes halogenated alkanes) is 6. The van der Waals surface area contributed by atoms with E-state index in [0.717, 1.165) is 6.42 Å². The topological polar surface area (TPSA) is 26.0 Å². The van der Waals surface area contributed by atoms with E-state index < -0.39 is 0 Å². The molecule has 0 aromatic heterocycles. The Morgan fingerprint density at radius 1 is 1.05 bits per heavy atom. The molecule has 1 aromatic carbocycles. The monoisotopic (exact) mass is 425 g/mol. The SMILES string of the molecule is CCCCCCCCCc1ccccc1SC(N)=S.[S]=[Mo]. The summed E-state index contributed by atoms with van der Waals surface area (Å²) >= 11 is 8.02. The zero-order chi connectivity index (χ0) is 15.9. The summed E-state index contributed by atoms with van der Waals surface area (Å²) in [6.45, 7) is 2.26. The average Bonchev–Trinajstić information content (AvgIpc) is 2.49. The maximum absolute atomic E-state index is 5.61. The van der Waals surface area contributed by atoms with Crippen LogP contribution in [0.5, 0.6) is 0 Å². The molecular weight excluding hydrogens is 398 g/mol. The average molecular weight is 424 g/mol. The van der Waals surface area contributed by atoms with E-state index in [2.05, 4.69) is 41.0 Å². The van der Waals surface area contributed by atoms with Crippen LogP contribution in [0.2, 0.25) is 0 Å². The molecule has 5 heteroatoms. The van der Waals surface area contributed by atoms with Gasteiger partial charge in [-0.3, -0.25) is 0 Å². The second kappa shape index (κ2) is 15.3. The summed E-state index contributed by atoms with van der Waals surface area (Å²) in [6.07, 6.45) is 10.6. The number of nitrogens with two attached hydrogens (primary N) is 1. The molecule has 0 radical (unpaired) electrons. The second-order valence-electron chi connectivity index (χ2n) is 4.90. The third-order valence-corrected chi connectivity index (χ3v) is 4.30. The standard InChI is InChI=1S/C16H25NS2.Mo.S/c1-2-3-4-5-6-7-8-11-14-12-9-10-13-15(14)19-16(17)18;;/h9-10,12-13H,2-8,11H2,1H3,(H2,17,18);;. The van der Waals surface area contributed by atoms with Gasteiger partial charge in [-0.05, 0) is 24.5 Å². The zero-order valence-electron chi connectivity index (χ0n) is 12.7. The molecular formula is C16H25MoNS3. The quantitative estimate of drug-likeness (QED) is 0.229. The van der Waals surface area contributed by atoms with E-state index in [0.29, 0.717) is 4.32 Å². The van der Waals surface area contributed by atoms with Gasteiger partial charge in [0.05, 0.1) is 0 Å². The molecule has 0 aliphatic rings. The molecule has 1 rings (SSSR count). The van der Waals surface area contributed by atoms with Crippen LogP contribution in [-0.2, 0) is 24.4 Å². The third kappa shape index (κ3) is 11.6. The van der Waals surface area contributed by atoms with Gasteiger partial charge in [0.15, 0.2) is 0 Å². The summed E-state index contributed by atoms with van der Waals surface area (Å²) in [4.78, 5) is 1.22. The van der Waals surface area contributed by atoms with Crippen LogP contribution in [0.4, 0.5) is 0 Å². The van der Waals surface area contributed by atoms with Crippen molar-refractivity contribution in [3.05, 3.63) is 29.8 Å². The van der Waals surface area contributed by atoms with Crippen LogP contribution in [-0.4, -0.2) is 4.32 Å². The number of benzene rings is 1. The van der Waals surface area contributed by atoms with Crippen molar-refractivity contribution in [2.45, 2.75) is 63.2 Å². The first-order valence-corrected chi connectivity index (χ1v) is 11.5. The Bertz CT molecular complexity index is 399. The van der Waals surface area contributed by atoms with Gasteiger partial charge < -0.3 is 5.73 Å². The van der Waals surface area contributed by atoms with Crippen LogP contribution >= 0.6 is 33.8 Å². The normalized spacial score (nSPS) is 9.76. The Balaban J connectivity index is 0.00000191. The van der Waals surface area contributed by atoms with Crippen molar-refractivity contribution in [3.63, 3.8) is 0 Å². The van der Waals surface area contributed by atoms with Crippen molar-refractivity contribution in [1.82, 2.24) is 0 Å². The van der Waals surface area contributed by atoms with Crippen molar-refractivity contribution < 1.29 is 18.0 Å². The summed E-state index contributed by atoms with van der Waals surface area (Å²) in [6, 6.07) is 8.45. The Morgan fingerprint density at radius 2 is 1.62 bits per heavy atom. The Kier molecular flexibility index (Phi) is 15.5. The second-order valence-corrected chi connectivity index (χ2v) is 6.68. The molecule has 0 spiro atoms. The summed E-state index contributed by atoms with van der Waals surface area (Å²) in [5, 5.41) is 0. The van der Waals surface area contributed by atoms with Crippen molar-refractivity contribution >= 4 is 38.1 Å². The van der Waals surface area contributed by atoms with E-state index in [4.69, 9.17) is 18.0 Å². The molecule has 0 amide bonds. The van der Waals surface area contributed by atoms with E-state index in [-0.39, 0.29) is 0 Å². The van der Waals surface area contributed by atoms with Crippen molar-refractivity contribution in [3.8, 4) is 0 Å². The van der Waals surface area contributed by atoms with Crippen LogP contribution in [0.3, 0.4) is 0 Å². The van der Waals surface area contributed by atoms with E-state index in [9.17, 15) is 0 Å². The van der Waals surface area contributed by atoms with Gasteiger partial charge in [-0.25, -0.2) is 0 Å². The predicted octanol–water partition coefficient (Wildman–Crippen LogP) is 5.96. The fraction of sp³-hybridized carbons (Fsp3) is 0.562. The Morgan fingerprint density at radius 3 is 2.24 bits per heavy atom. The van der Waals surface area contributed by atoms with Gasteiger partial charge in [0.1, 0.15) is 4.32 Å². The first kappa shape index (κ1) is 21.4. The predicted molar refractivity (Wildman–Crippen MR) is 98.4 cm³/mol. The number of hydrogen-bond acceptors (Lipinski definition) is 3. The summed E-state index contributed by atoms with van der Waals surface area (Å²) < 4.78 is 0.506. The number of hydrogen-bond donors (Lipinski definition) is 1. The minimum atomic E-state index is 0.506. The van der Waals surface area contributed by atoms with Gasteiger partial charge in [-0.15, -0.1) is 0 Å². The molecule has 21 heavy (non-hydrogen) atoms. The molecule has 118 valence electrons. The Hall–Kier alpha value is 0.368. The molecule has 0 saturated heterocycles. The molecule has 1 aromatic rings.